The third-order valence-electron chi connectivity index (χ3n) is 4.38. The molecule has 0 aromatic carbocycles. The summed E-state index contributed by atoms with van der Waals surface area (Å²) in [7, 11) is 0. The smallest absolute Gasteiger partial charge is 0.408 e. The highest BCUT2D eigenvalue weighted by molar-refractivity contribution is 5.80. The number of hydrogen-bond acceptors (Lipinski definition) is 4. The monoisotopic (exact) mass is 384 g/mol. The van der Waals surface area contributed by atoms with E-state index in [4.69, 9.17) is 9.47 Å². The first-order chi connectivity index (χ1) is 12.5. The molecule has 27 heavy (non-hydrogen) atoms. The Morgan fingerprint density at radius 3 is 2.30 bits per heavy atom. The Bertz CT molecular complexity index is 494. The SMILES string of the molecule is CCNC(=NCC(C)(C)NC(=O)OC(C)(C)C)NCC1(CCOCC)CC1. The van der Waals surface area contributed by atoms with Gasteiger partial charge in [0, 0.05) is 26.3 Å². The molecule has 7 nitrogen and oxygen atoms in total. The molecule has 0 aromatic rings. The highest BCUT2D eigenvalue weighted by Gasteiger charge is 2.42. The lowest BCUT2D eigenvalue weighted by Gasteiger charge is -2.27. The molecule has 0 radical (unpaired) electrons. The van der Waals surface area contributed by atoms with Gasteiger partial charge in [0.1, 0.15) is 5.60 Å². The summed E-state index contributed by atoms with van der Waals surface area (Å²) >= 11 is 0. The van der Waals surface area contributed by atoms with Crippen molar-refractivity contribution >= 4 is 12.1 Å². The average molecular weight is 385 g/mol. The average Bonchev–Trinajstić information content (AvgIpc) is 3.28. The molecule has 1 saturated carbocycles. The number of aliphatic imine (C=N–C) groups is 1. The lowest BCUT2D eigenvalue weighted by molar-refractivity contribution is 0.0476. The molecule has 158 valence electrons. The number of carbonyl (C=O) groups excluding carboxylic acids is 1. The maximum Gasteiger partial charge on any atom is 0.408 e. The summed E-state index contributed by atoms with van der Waals surface area (Å²) in [5.74, 6) is 0.777. The van der Waals surface area contributed by atoms with Crippen LogP contribution in [-0.4, -0.2) is 56.0 Å². The molecule has 7 heteroatoms. The molecule has 0 spiro atoms. The van der Waals surface area contributed by atoms with E-state index in [-0.39, 0.29) is 0 Å². The second-order valence-corrected chi connectivity index (χ2v) is 9.01. The molecular weight excluding hydrogens is 344 g/mol. The molecule has 0 atom stereocenters. The lowest BCUT2D eigenvalue weighted by Crippen LogP contribution is -2.49. The van der Waals surface area contributed by atoms with Crippen LogP contribution in [0.25, 0.3) is 0 Å². The van der Waals surface area contributed by atoms with Gasteiger partial charge in [0.05, 0.1) is 12.1 Å². The quantitative estimate of drug-likeness (QED) is 0.306. The number of alkyl carbamates (subject to hydrolysis) is 1. The van der Waals surface area contributed by atoms with Gasteiger partial charge in [-0.1, -0.05) is 0 Å². The van der Waals surface area contributed by atoms with Crippen LogP contribution < -0.4 is 16.0 Å². The van der Waals surface area contributed by atoms with Crippen LogP contribution in [0.2, 0.25) is 0 Å². The first kappa shape index (κ1) is 23.5. The number of guanidine groups is 1. The highest BCUT2D eigenvalue weighted by atomic mass is 16.6. The number of ether oxygens (including phenoxy) is 2. The van der Waals surface area contributed by atoms with Gasteiger partial charge in [0.15, 0.2) is 5.96 Å². The summed E-state index contributed by atoms with van der Waals surface area (Å²) in [5, 5.41) is 9.62. The minimum absolute atomic E-state index is 0.343. The molecule has 0 aliphatic heterocycles. The van der Waals surface area contributed by atoms with Crippen LogP contribution in [0.15, 0.2) is 4.99 Å². The number of amides is 1. The summed E-state index contributed by atoms with van der Waals surface area (Å²) in [6.45, 7) is 17.2. The topological polar surface area (TPSA) is 84.0 Å². The normalized spacial score (nSPS) is 16.6. The summed E-state index contributed by atoms with van der Waals surface area (Å²) in [5.41, 5.74) is -0.674. The molecule has 1 aliphatic carbocycles. The summed E-state index contributed by atoms with van der Waals surface area (Å²) in [4.78, 5) is 16.7. The molecule has 0 saturated heterocycles. The molecule has 0 unspecified atom stereocenters. The first-order valence-corrected chi connectivity index (χ1v) is 10.1. The number of hydrogen-bond donors (Lipinski definition) is 3. The standard InChI is InChI=1S/C20H40N4O3/c1-8-21-16(23-15-20(10-11-20)12-13-26-9-2)22-14-19(6,7)24-17(25)27-18(3,4)5/h8-15H2,1-7H3,(H,24,25)(H2,21,22,23). The Labute approximate surface area is 165 Å². The Morgan fingerprint density at radius 2 is 1.78 bits per heavy atom. The Kier molecular flexibility index (Phi) is 8.85. The largest absolute Gasteiger partial charge is 0.444 e. The predicted octanol–water partition coefficient (Wildman–Crippen LogP) is 3.05. The van der Waals surface area contributed by atoms with E-state index >= 15 is 0 Å². The van der Waals surface area contributed by atoms with Crippen LogP contribution >= 0.6 is 0 Å². The van der Waals surface area contributed by atoms with Crippen molar-refractivity contribution in [1.29, 1.82) is 0 Å². The van der Waals surface area contributed by atoms with E-state index < -0.39 is 17.2 Å². The Balaban J connectivity index is 2.53. The van der Waals surface area contributed by atoms with Crippen LogP contribution in [0.4, 0.5) is 4.79 Å². The van der Waals surface area contributed by atoms with Crippen LogP contribution in [0.3, 0.4) is 0 Å². The van der Waals surface area contributed by atoms with Crippen molar-refractivity contribution in [3.8, 4) is 0 Å². The zero-order valence-corrected chi connectivity index (χ0v) is 18.3. The van der Waals surface area contributed by atoms with Crippen LogP contribution in [0, 0.1) is 5.41 Å². The third-order valence-corrected chi connectivity index (χ3v) is 4.38. The number of carbonyl (C=O) groups is 1. The second kappa shape index (κ2) is 10.2. The zero-order valence-electron chi connectivity index (χ0n) is 18.3. The van der Waals surface area contributed by atoms with Gasteiger partial charge in [0.2, 0.25) is 0 Å². The van der Waals surface area contributed by atoms with Crippen molar-refractivity contribution in [2.75, 3.05) is 32.8 Å². The second-order valence-electron chi connectivity index (χ2n) is 9.01. The van der Waals surface area contributed by atoms with Gasteiger partial charge < -0.3 is 25.4 Å². The maximum absolute atomic E-state index is 12.0. The van der Waals surface area contributed by atoms with Gasteiger partial charge in [-0.2, -0.15) is 0 Å². The fraction of sp³-hybridized carbons (Fsp3) is 0.900. The molecule has 0 bridgehead atoms. The number of nitrogens with zero attached hydrogens (tertiary/aromatic N) is 1. The molecule has 1 fully saturated rings. The summed E-state index contributed by atoms with van der Waals surface area (Å²) in [6.07, 6.45) is 3.13. The molecule has 0 aromatic heterocycles. The lowest BCUT2D eigenvalue weighted by atomic mass is 10.0. The van der Waals surface area contributed by atoms with E-state index in [1.165, 1.54) is 12.8 Å². The van der Waals surface area contributed by atoms with Gasteiger partial charge in [-0.25, -0.2) is 4.79 Å². The van der Waals surface area contributed by atoms with Crippen molar-refractivity contribution in [1.82, 2.24) is 16.0 Å². The minimum atomic E-state index is -0.514. The summed E-state index contributed by atoms with van der Waals surface area (Å²) in [6, 6.07) is 0. The minimum Gasteiger partial charge on any atom is -0.444 e. The van der Waals surface area contributed by atoms with Gasteiger partial charge in [0.25, 0.3) is 0 Å². The number of rotatable bonds is 10. The van der Waals surface area contributed by atoms with Gasteiger partial charge >= 0.3 is 6.09 Å². The van der Waals surface area contributed by atoms with E-state index in [9.17, 15) is 4.79 Å². The molecular formula is C20H40N4O3. The Morgan fingerprint density at radius 1 is 1.11 bits per heavy atom. The van der Waals surface area contributed by atoms with Gasteiger partial charge in [-0.3, -0.25) is 4.99 Å². The van der Waals surface area contributed by atoms with Crippen molar-refractivity contribution in [2.24, 2.45) is 10.4 Å². The van der Waals surface area contributed by atoms with Crippen LogP contribution in [-0.2, 0) is 9.47 Å². The van der Waals surface area contributed by atoms with E-state index in [0.29, 0.717) is 12.0 Å². The fourth-order valence-corrected chi connectivity index (χ4v) is 2.63. The Hall–Kier alpha value is -1.50. The van der Waals surface area contributed by atoms with Gasteiger partial charge in [-0.05, 0) is 73.1 Å². The van der Waals surface area contributed by atoms with E-state index in [0.717, 1.165) is 38.7 Å². The van der Waals surface area contributed by atoms with E-state index in [1.807, 2.05) is 48.5 Å². The van der Waals surface area contributed by atoms with Gasteiger partial charge in [-0.15, -0.1) is 0 Å². The van der Waals surface area contributed by atoms with Crippen molar-refractivity contribution < 1.29 is 14.3 Å². The molecule has 1 amide bonds. The highest BCUT2D eigenvalue weighted by Crippen LogP contribution is 2.48. The maximum atomic E-state index is 12.0. The molecule has 0 heterocycles. The number of nitrogens with one attached hydrogen (secondary N) is 3. The first-order valence-electron chi connectivity index (χ1n) is 10.1. The fourth-order valence-electron chi connectivity index (χ4n) is 2.63. The zero-order chi connectivity index (χ0) is 20.6. The predicted molar refractivity (Wildman–Crippen MR) is 110 cm³/mol. The van der Waals surface area contributed by atoms with Crippen molar-refractivity contribution in [2.45, 2.75) is 78.9 Å². The van der Waals surface area contributed by atoms with Crippen molar-refractivity contribution in [3.63, 3.8) is 0 Å². The van der Waals surface area contributed by atoms with Crippen LogP contribution in [0.1, 0.15) is 67.7 Å². The summed E-state index contributed by atoms with van der Waals surface area (Å²) < 4.78 is 10.8. The van der Waals surface area contributed by atoms with Crippen LogP contribution in [0.5, 0.6) is 0 Å². The molecule has 1 aliphatic rings. The van der Waals surface area contributed by atoms with Crippen molar-refractivity contribution in [3.05, 3.63) is 0 Å². The van der Waals surface area contributed by atoms with E-state index in [2.05, 4.69) is 20.9 Å². The molecule has 1 rings (SSSR count). The molecule has 3 N–H and O–H groups in total. The third kappa shape index (κ3) is 10.4. The van der Waals surface area contributed by atoms with E-state index in [1.54, 1.807) is 0 Å².